The molecule has 1 N–H and O–H groups in total. The second kappa shape index (κ2) is 4.65. The van der Waals surface area contributed by atoms with Crippen LogP contribution >= 0.6 is 0 Å². The Kier molecular flexibility index (Phi) is 3.76. The van der Waals surface area contributed by atoms with Crippen molar-refractivity contribution in [3.63, 3.8) is 0 Å². The van der Waals surface area contributed by atoms with Gasteiger partial charge in [0.05, 0.1) is 0 Å². The van der Waals surface area contributed by atoms with Gasteiger partial charge in [0.2, 0.25) is 0 Å². The zero-order valence-electron chi connectivity index (χ0n) is 9.80. The number of aromatic nitrogens is 1. The molecule has 0 bridgehead atoms. The van der Waals surface area contributed by atoms with Crippen molar-refractivity contribution in [3.8, 4) is 0 Å². The van der Waals surface area contributed by atoms with E-state index in [1.807, 2.05) is 0 Å². The summed E-state index contributed by atoms with van der Waals surface area (Å²) in [7, 11) is 0. The summed E-state index contributed by atoms with van der Waals surface area (Å²) in [5.74, 6) is 0. The largest absolute Gasteiger partial charge is 0.354 e. The van der Waals surface area contributed by atoms with Gasteiger partial charge in [-0.15, -0.1) is 0 Å². The van der Waals surface area contributed by atoms with Crippen LogP contribution in [0.1, 0.15) is 39.7 Å². The van der Waals surface area contributed by atoms with E-state index in [2.05, 4.69) is 56.0 Å². The van der Waals surface area contributed by atoms with Crippen molar-refractivity contribution >= 4 is 0 Å². The van der Waals surface area contributed by atoms with Crippen molar-refractivity contribution in [2.24, 2.45) is 0 Å². The van der Waals surface area contributed by atoms with E-state index in [9.17, 15) is 0 Å². The van der Waals surface area contributed by atoms with Gasteiger partial charge in [-0.25, -0.2) is 0 Å². The van der Waals surface area contributed by atoms with E-state index in [-0.39, 0.29) is 5.54 Å². The lowest BCUT2D eigenvalue weighted by Crippen LogP contribution is -2.37. The molecule has 1 aromatic rings. The molecule has 1 aromatic heterocycles. The maximum Gasteiger partial charge on any atom is 0.0225 e. The SMILES string of the molecule is CCn1ccc(CNC(C)(C)CC)c1. The molecule has 0 saturated carbocycles. The van der Waals surface area contributed by atoms with E-state index in [4.69, 9.17) is 0 Å². The molecule has 80 valence electrons. The first-order valence-corrected chi connectivity index (χ1v) is 5.47. The highest BCUT2D eigenvalue weighted by Gasteiger charge is 2.13. The molecule has 0 aliphatic rings. The van der Waals surface area contributed by atoms with Gasteiger partial charge in [-0.05, 0) is 38.8 Å². The fraction of sp³-hybridized carbons (Fsp3) is 0.667. The Hall–Kier alpha value is -0.760. The molecule has 2 nitrogen and oxygen atoms in total. The lowest BCUT2D eigenvalue weighted by molar-refractivity contribution is 0.374. The molecule has 0 aliphatic heterocycles. The summed E-state index contributed by atoms with van der Waals surface area (Å²) in [5, 5.41) is 3.55. The minimum atomic E-state index is 0.244. The van der Waals surface area contributed by atoms with Crippen LogP contribution in [-0.2, 0) is 13.1 Å². The van der Waals surface area contributed by atoms with Crippen molar-refractivity contribution in [1.29, 1.82) is 0 Å². The van der Waals surface area contributed by atoms with Gasteiger partial charge in [-0.3, -0.25) is 0 Å². The Labute approximate surface area is 87.3 Å². The zero-order valence-corrected chi connectivity index (χ0v) is 9.80. The fourth-order valence-corrected chi connectivity index (χ4v) is 1.26. The van der Waals surface area contributed by atoms with Crippen molar-refractivity contribution in [2.75, 3.05) is 0 Å². The predicted molar refractivity (Wildman–Crippen MR) is 61.3 cm³/mol. The predicted octanol–water partition coefficient (Wildman–Crippen LogP) is 2.79. The van der Waals surface area contributed by atoms with Crippen LogP contribution in [0.25, 0.3) is 0 Å². The third kappa shape index (κ3) is 3.18. The maximum atomic E-state index is 3.55. The number of nitrogens with one attached hydrogen (secondary N) is 1. The van der Waals surface area contributed by atoms with Crippen LogP contribution in [0.3, 0.4) is 0 Å². The number of aryl methyl sites for hydroxylation is 1. The van der Waals surface area contributed by atoms with E-state index in [0.29, 0.717) is 0 Å². The van der Waals surface area contributed by atoms with Crippen LogP contribution in [0.4, 0.5) is 0 Å². The first-order chi connectivity index (χ1) is 6.57. The molecule has 0 amide bonds. The molecule has 1 rings (SSSR count). The molecular formula is C12H22N2. The number of rotatable bonds is 5. The number of nitrogens with zero attached hydrogens (tertiary/aromatic N) is 1. The monoisotopic (exact) mass is 194 g/mol. The molecule has 0 radical (unpaired) electrons. The van der Waals surface area contributed by atoms with Gasteiger partial charge in [0, 0.05) is 31.0 Å². The van der Waals surface area contributed by atoms with Crippen molar-refractivity contribution in [1.82, 2.24) is 9.88 Å². The summed E-state index contributed by atoms with van der Waals surface area (Å²) < 4.78 is 2.20. The van der Waals surface area contributed by atoms with Crippen LogP contribution in [0, 0.1) is 0 Å². The summed E-state index contributed by atoms with van der Waals surface area (Å²) in [6, 6.07) is 2.18. The molecule has 0 aromatic carbocycles. The molecule has 0 unspecified atom stereocenters. The number of hydrogen-bond acceptors (Lipinski definition) is 1. The first-order valence-electron chi connectivity index (χ1n) is 5.47. The van der Waals surface area contributed by atoms with E-state index < -0.39 is 0 Å². The lowest BCUT2D eigenvalue weighted by Gasteiger charge is -2.24. The molecule has 1 heterocycles. The standard InChI is InChI=1S/C12H22N2/c1-5-12(3,4)13-9-11-7-8-14(6-2)10-11/h7-8,10,13H,5-6,9H2,1-4H3. The van der Waals surface area contributed by atoms with Crippen molar-refractivity contribution < 1.29 is 0 Å². The van der Waals surface area contributed by atoms with E-state index >= 15 is 0 Å². The van der Waals surface area contributed by atoms with Gasteiger partial charge in [-0.1, -0.05) is 6.92 Å². The molecule has 0 fully saturated rings. The molecule has 0 atom stereocenters. The Morgan fingerprint density at radius 3 is 2.57 bits per heavy atom. The third-order valence-corrected chi connectivity index (χ3v) is 2.83. The second-order valence-electron chi connectivity index (χ2n) is 4.44. The van der Waals surface area contributed by atoms with Crippen LogP contribution in [-0.4, -0.2) is 10.1 Å². The average Bonchev–Trinajstić information content (AvgIpc) is 2.63. The summed E-state index contributed by atoms with van der Waals surface area (Å²) in [6.45, 7) is 10.9. The topological polar surface area (TPSA) is 17.0 Å². The summed E-state index contributed by atoms with van der Waals surface area (Å²) in [4.78, 5) is 0. The Morgan fingerprint density at radius 1 is 1.36 bits per heavy atom. The van der Waals surface area contributed by atoms with Gasteiger partial charge in [0.25, 0.3) is 0 Å². The average molecular weight is 194 g/mol. The zero-order chi connectivity index (χ0) is 10.6. The van der Waals surface area contributed by atoms with E-state index in [0.717, 1.165) is 19.5 Å². The highest BCUT2D eigenvalue weighted by atomic mass is 15.0. The second-order valence-corrected chi connectivity index (χ2v) is 4.44. The van der Waals surface area contributed by atoms with Crippen LogP contribution in [0.2, 0.25) is 0 Å². The third-order valence-electron chi connectivity index (χ3n) is 2.83. The van der Waals surface area contributed by atoms with Crippen LogP contribution in [0.15, 0.2) is 18.5 Å². The molecular weight excluding hydrogens is 172 g/mol. The minimum absolute atomic E-state index is 0.244. The smallest absolute Gasteiger partial charge is 0.0225 e. The van der Waals surface area contributed by atoms with Gasteiger partial charge in [0.15, 0.2) is 0 Å². The lowest BCUT2D eigenvalue weighted by atomic mass is 10.0. The summed E-state index contributed by atoms with van der Waals surface area (Å²) in [5.41, 5.74) is 1.61. The minimum Gasteiger partial charge on any atom is -0.354 e. The molecule has 0 saturated heterocycles. The van der Waals surface area contributed by atoms with Crippen LogP contribution < -0.4 is 5.32 Å². The molecule has 0 aliphatic carbocycles. The highest BCUT2D eigenvalue weighted by Crippen LogP contribution is 2.09. The normalized spacial score (nSPS) is 12.0. The van der Waals surface area contributed by atoms with Gasteiger partial charge < -0.3 is 9.88 Å². The highest BCUT2D eigenvalue weighted by molar-refractivity contribution is 5.10. The van der Waals surface area contributed by atoms with Crippen LogP contribution in [0.5, 0.6) is 0 Å². The quantitative estimate of drug-likeness (QED) is 0.762. The van der Waals surface area contributed by atoms with Gasteiger partial charge >= 0.3 is 0 Å². The van der Waals surface area contributed by atoms with Gasteiger partial charge in [-0.2, -0.15) is 0 Å². The Bertz CT molecular complexity index is 274. The summed E-state index contributed by atoms with van der Waals surface area (Å²) in [6.07, 6.45) is 5.50. The van der Waals surface area contributed by atoms with E-state index in [1.165, 1.54) is 5.56 Å². The molecule has 14 heavy (non-hydrogen) atoms. The summed E-state index contributed by atoms with van der Waals surface area (Å²) >= 11 is 0. The van der Waals surface area contributed by atoms with E-state index in [1.54, 1.807) is 0 Å². The first kappa shape index (κ1) is 11.3. The number of hydrogen-bond donors (Lipinski definition) is 1. The Balaban J connectivity index is 2.45. The van der Waals surface area contributed by atoms with Crippen molar-refractivity contribution in [3.05, 3.63) is 24.0 Å². The van der Waals surface area contributed by atoms with Crippen molar-refractivity contribution in [2.45, 2.75) is 52.7 Å². The maximum absolute atomic E-state index is 3.55. The fourth-order valence-electron chi connectivity index (χ4n) is 1.26. The van der Waals surface area contributed by atoms with Gasteiger partial charge in [0.1, 0.15) is 0 Å². The molecule has 2 heteroatoms. The molecule has 0 spiro atoms. The Morgan fingerprint density at radius 2 is 2.07 bits per heavy atom.